The van der Waals surface area contributed by atoms with E-state index in [0.29, 0.717) is 6.42 Å². The number of hydrogen-bond donors (Lipinski definition) is 0. The van der Waals surface area contributed by atoms with Gasteiger partial charge in [-0.15, -0.1) is 6.58 Å². The maximum absolute atomic E-state index is 11.5. The summed E-state index contributed by atoms with van der Waals surface area (Å²) < 4.78 is 0. The molecule has 0 heterocycles. The van der Waals surface area contributed by atoms with Gasteiger partial charge < -0.3 is 0 Å². The molecule has 80 valence electrons. The Kier molecular flexibility index (Phi) is 3.70. The van der Waals surface area contributed by atoms with Crippen LogP contribution >= 0.6 is 11.6 Å². The summed E-state index contributed by atoms with van der Waals surface area (Å²) in [5.41, 5.74) is 1.40. The van der Waals surface area contributed by atoms with Crippen molar-refractivity contribution in [2.75, 3.05) is 0 Å². The first kappa shape index (κ1) is 12.0. The lowest BCUT2D eigenvalue weighted by Crippen LogP contribution is -2.29. The van der Waals surface area contributed by atoms with Crippen molar-refractivity contribution >= 4 is 16.8 Å². The zero-order chi connectivity index (χ0) is 11.5. The van der Waals surface area contributed by atoms with Gasteiger partial charge in [0, 0.05) is 0 Å². The highest BCUT2D eigenvalue weighted by Gasteiger charge is 2.33. The lowest BCUT2D eigenvalue weighted by Gasteiger charge is -2.26. The molecule has 2 heteroatoms. The van der Waals surface area contributed by atoms with Gasteiger partial charge in [-0.1, -0.05) is 30.3 Å². The van der Waals surface area contributed by atoms with Gasteiger partial charge in [0.15, 0.2) is 0 Å². The summed E-state index contributed by atoms with van der Waals surface area (Å²) in [6.07, 6.45) is 2.28. The minimum atomic E-state index is -0.658. The van der Waals surface area contributed by atoms with E-state index in [-0.39, 0.29) is 5.24 Å². The fourth-order valence-corrected chi connectivity index (χ4v) is 1.96. The van der Waals surface area contributed by atoms with Crippen LogP contribution in [0.25, 0.3) is 0 Å². The molecule has 0 bridgehead atoms. The maximum atomic E-state index is 11.5. The molecular formula is C13H15ClO. The molecule has 0 aliphatic carbocycles. The van der Waals surface area contributed by atoms with Crippen LogP contribution in [0.2, 0.25) is 0 Å². The molecule has 1 rings (SSSR count). The van der Waals surface area contributed by atoms with Crippen LogP contribution in [-0.4, -0.2) is 5.24 Å². The molecule has 0 aliphatic rings. The Hall–Kier alpha value is -1.08. The van der Waals surface area contributed by atoms with E-state index in [0.717, 1.165) is 11.1 Å². The number of hydrogen-bond acceptors (Lipinski definition) is 1. The molecule has 0 radical (unpaired) electrons. The van der Waals surface area contributed by atoms with Gasteiger partial charge in [-0.25, -0.2) is 0 Å². The molecule has 1 aromatic rings. The fraction of sp³-hybridized carbons (Fsp3) is 0.308. The van der Waals surface area contributed by atoms with Gasteiger partial charge in [-0.3, -0.25) is 4.79 Å². The topological polar surface area (TPSA) is 17.1 Å². The Morgan fingerprint density at radius 3 is 2.60 bits per heavy atom. The molecule has 0 spiro atoms. The molecule has 15 heavy (non-hydrogen) atoms. The summed E-state index contributed by atoms with van der Waals surface area (Å²) in [6.45, 7) is 7.51. The minimum Gasteiger partial charge on any atom is -0.280 e. The smallest absolute Gasteiger partial charge is 0.232 e. The number of rotatable bonds is 4. The second kappa shape index (κ2) is 4.63. The van der Waals surface area contributed by atoms with Gasteiger partial charge in [-0.2, -0.15) is 0 Å². The van der Waals surface area contributed by atoms with Gasteiger partial charge in [0.2, 0.25) is 5.24 Å². The zero-order valence-electron chi connectivity index (χ0n) is 9.09. The summed E-state index contributed by atoms with van der Waals surface area (Å²) in [7, 11) is 0. The highest BCUT2D eigenvalue weighted by Crippen LogP contribution is 2.32. The van der Waals surface area contributed by atoms with E-state index in [4.69, 9.17) is 11.6 Å². The first-order chi connectivity index (χ1) is 7.02. The standard InChI is InChI=1S/C13H15ClO/c1-4-9-13(3,12(14)15)11-8-6-5-7-10(11)2/h4-8H,1,9H2,2-3H3. The van der Waals surface area contributed by atoms with Gasteiger partial charge in [-0.05, 0) is 43.0 Å². The highest BCUT2D eigenvalue weighted by atomic mass is 35.5. The second-order valence-electron chi connectivity index (χ2n) is 3.91. The molecule has 1 atom stereocenters. The minimum absolute atomic E-state index is 0.336. The summed E-state index contributed by atoms with van der Waals surface area (Å²) in [4.78, 5) is 11.5. The molecule has 0 saturated carbocycles. The SMILES string of the molecule is C=CCC(C)(C(=O)Cl)c1ccccc1C. The van der Waals surface area contributed by atoms with Crippen LogP contribution in [0.15, 0.2) is 36.9 Å². The van der Waals surface area contributed by atoms with Crippen molar-refractivity contribution in [1.29, 1.82) is 0 Å². The van der Waals surface area contributed by atoms with E-state index in [9.17, 15) is 4.79 Å². The van der Waals surface area contributed by atoms with Crippen LogP contribution in [0.3, 0.4) is 0 Å². The van der Waals surface area contributed by atoms with E-state index < -0.39 is 5.41 Å². The van der Waals surface area contributed by atoms with Crippen LogP contribution < -0.4 is 0 Å². The van der Waals surface area contributed by atoms with E-state index >= 15 is 0 Å². The average Bonchev–Trinajstić information content (AvgIpc) is 2.18. The third-order valence-corrected chi connectivity index (χ3v) is 3.14. The Labute approximate surface area is 95.8 Å². The predicted octanol–water partition coefficient (Wildman–Crippen LogP) is 3.59. The van der Waals surface area contributed by atoms with Crippen LogP contribution in [0.4, 0.5) is 0 Å². The van der Waals surface area contributed by atoms with Gasteiger partial charge in [0.1, 0.15) is 0 Å². The molecule has 1 unspecified atom stereocenters. The summed E-state index contributed by atoms with van der Waals surface area (Å²) >= 11 is 5.68. The van der Waals surface area contributed by atoms with Crippen molar-refractivity contribution in [2.24, 2.45) is 0 Å². The Morgan fingerprint density at radius 2 is 2.13 bits per heavy atom. The maximum Gasteiger partial charge on any atom is 0.232 e. The van der Waals surface area contributed by atoms with Crippen LogP contribution in [0, 0.1) is 6.92 Å². The summed E-state index contributed by atoms with van der Waals surface area (Å²) in [5.74, 6) is 0. The third-order valence-electron chi connectivity index (χ3n) is 2.73. The quantitative estimate of drug-likeness (QED) is 0.562. The van der Waals surface area contributed by atoms with Gasteiger partial charge in [0.05, 0.1) is 5.41 Å². The number of benzene rings is 1. The first-order valence-electron chi connectivity index (χ1n) is 4.89. The van der Waals surface area contributed by atoms with Gasteiger partial charge in [0.25, 0.3) is 0 Å². The molecule has 0 amide bonds. The number of carbonyl (C=O) groups excluding carboxylic acids is 1. The van der Waals surface area contributed by atoms with Crippen molar-refractivity contribution in [3.8, 4) is 0 Å². The molecule has 1 aromatic carbocycles. The molecule has 1 nitrogen and oxygen atoms in total. The van der Waals surface area contributed by atoms with E-state index in [2.05, 4.69) is 6.58 Å². The van der Waals surface area contributed by atoms with Crippen molar-refractivity contribution in [3.63, 3.8) is 0 Å². The lowest BCUT2D eigenvalue weighted by atomic mass is 9.78. The van der Waals surface area contributed by atoms with E-state index in [1.807, 2.05) is 38.1 Å². The van der Waals surface area contributed by atoms with Crippen molar-refractivity contribution in [2.45, 2.75) is 25.7 Å². The van der Waals surface area contributed by atoms with E-state index in [1.165, 1.54) is 0 Å². The zero-order valence-corrected chi connectivity index (χ0v) is 9.84. The van der Waals surface area contributed by atoms with Crippen LogP contribution in [0.5, 0.6) is 0 Å². The molecule has 0 aliphatic heterocycles. The second-order valence-corrected chi connectivity index (χ2v) is 4.26. The number of aryl methyl sites for hydroxylation is 1. The van der Waals surface area contributed by atoms with Crippen molar-refractivity contribution in [3.05, 3.63) is 48.0 Å². The van der Waals surface area contributed by atoms with Crippen molar-refractivity contribution in [1.82, 2.24) is 0 Å². The normalized spacial score (nSPS) is 14.3. The first-order valence-corrected chi connectivity index (χ1v) is 5.27. The molecule has 0 saturated heterocycles. The number of allylic oxidation sites excluding steroid dienone is 1. The van der Waals surface area contributed by atoms with Crippen molar-refractivity contribution < 1.29 is 4.79 Å². The third kappa shape index (κ3) is 2.29. The van der Waals surface area contributed by atoms with Crippen LogP contribution in [-0.2, 0) is 10.2 Å². The Morgan fingerprint density at radius 1 is 1.53 bits per heavy atom. The highest BCUT2D eigenvalue weighted by molar-refractivity contribution is 6.65. The molecule has 0 aromatic heterocycles. The summed E-state index contributed by atoms with van der Waals surface area (Å²) in [6, 6.07) is 7.80. The average molecular weight is 223 g/mol. The molecule has 0 fully saturated rings. The summed E-state index contributed by atoms with van der Waals surface area (Å²) in [5, 5.41) is -0.336. The monoisotopic (exact) mass is 222 g/mol. The lowest BCUT2D eigenvalue weighted by molar-refractivity contribution is -0.116. The van der Waals surface area contributed by atoms with Gasteiger partial charge >= 0.3 is 0 Å². The largest absolute Gasteiger partial charge is 0.280 e. The molecule has 0 N–H and O–H groups in total. The number of halogens is 1. The predicted molar refractivity (Wildman–Crippen MR) is 64.2 cm³/mol. The van der Waals surface area contributed by atoms with Crippen LogP contribution in [0.1, 0.15) is 24.5 Å². The Bertz CT molecular complexity index is 384. The molecular weight excluding hydrogens is 208 g/mol. The number of carbonyl (C=O) groups is 1. The fourth-order valence-electron chi connectivity index (χ4n) is 1.78. The van der Waals surface area contributed by atoms with E-state index in [1.54, 1.807) is 6.08 Å². The Balaban J connectivity index is 3.27.